The zero-order valence-electron chi connectivity index (χ0n) is 17.2. The van der Waals surface area contributed by atoms with Crippen molar-refractivity contribution in [1.82, 2.24) is 4.90 Å². The second-order valence-electron chi connectivity index (χ2n) is 7.12. The molecule has 0 unspecified atom stereocenters. The fourth-order valence-electron chi connectivity index (χ4n) is 3.31. The predicted octanol–water partition coefficient (Wildman–Crippen LogP) is 3.94. The molecule has 1 heterocycles. The fraction of sp³-hybridized carbons (Fsp3) is 0.304. The maximum atomic E-state index is 13.3. The average Bonchev–Trinajstić information content (AvgIpc) is 2.93. The third-order valence-corrected chi connectivity index (χ3v) is 4.54. The number of nitrogens with one attached hydrogen (secondary N) is 1. The Kier molecular flexibility index (Phi) is 6.22. The van der Waals surface area contributed by atoms with Gasteiger partial charge in [0.2, 0.25) is 0 Å². The quantitative estimate of drug-likeness (QED) is 0.687. The molecule has 3 rings (SSSR count). The van der Waals surface area contributed by atoms with E-state index in [1.54, 1.807) is 19.2 Å². The molecule has 6 nitrogen and oxygen atoms in total. The average molecular weight is 394 g/mol. The molecule has 0 fully saturated rings. The van der Waals surface area contributed by atoms with Gasteiger partial charge in [-0.15, -0.1) is 0 Å². The molecule has 1 N–H and O–H groups in total. The summed E-state index contributed by atoms with van der Waals surface area (Å²) in [5.41, 5.74) is 1.74. The molecule has 0 aliphatic carbocycles. The van der Waals surface area contributed by atoms with E-state index in [2.05, 4.69) is 5.32 Å². The topological polar surface area (TPSA) is 67.9 Å². The zero-order valence-corrected chi connectivity index (χ0v) is 17.2. The van der Waals surface area contributed by atoms with Crippen LogP contribution in [0.15, 0.2) is 54.2 Å². The number of nitrogens with zero attached hydrogens (tertiary/aromatic N) is 1. The molecule has 0 atom stereocenters. The van der Waals surface area contributed by atoms with E-state index in [0.29, 0.717) is 41.5 Å². The van der Waals surface area contributed by atoms with Gasteiger partial charge in [-0.2, -0.15) is 0 Å². The minimum absolute atomic E-state index is 0.150. The van der Waals surface area contributed by atoms with Gasteiger partial charge in [-0.3, -0.25) is 14.5 Å². The van der Waals surface area contributed by atoms with E-state index >= 15 is 0 Å². The van der Waals surface area contributed by atoms with Gasteiger partial charge in [-0.05, 0) is 31.0 Å². The van der Waals surface area contributed by atoms with Crippen LogP contribution in [0.4, 0.5) is 5.69 Å². The van der Waals surface area contributed by atoms with E-state index < -0.39 is 0 Å². The normalized spacial score (nSPS) is 14.0. The maximum Gasteiger partial charge on any atom is 0.278 e. The summed E-state index contributed by atoms with van der Waals surface area (Å²) in [5.74, 6) is 0.620. The summed E-state index contributed by atoms with van der Waals surface area (Å²) in [4.78, 5) is 27.8. The molecule has 152 valence electrons. The number of imide groups is 1. The highest BCUT2D eigenvalue weighted by atomic mass is 16.5. The third-order valence-electron chi connectivity index (χ3n) is 4.54. The molecule has 0 radical (unpaired) electrons. The zero-order chi connectivity index (χ0) is 21.0. The lowest BCUT2D eigenvalue weighted by molar-refractivity contribution is -0.137. The van der Waals surface area contributed by atoms with Gasteiger partial charge in [0, 0.05) is 12.1 Å². The number of hydrogen-bond acceptors (Lipinski definition) is 5. The number of benzene rings is 2. The van der Waals surface area contributed by atoms with Crippen molar-refractivity contribution in [3.63, 3.8) is 0 Å². The van der Waals surface area contributed by atoms with Gasteiger partial charge in [0.1, 0.15) is 17.2 Å². The molecule has 0 spiro atoms. The van der Waals surface area contributed by atoms with Crippen molar-refractivity contribution in [2.24, 2.45) is 5.92 Å². The lowest BCUT2D eigenvalue weighted by Gasteiger charge is -2.18. The minimum atomic E-state index is -0.351. The first kappa shape index (κ1) is 20.5. The van der Waals surface area contributed by atoms with E-state index in [0.717, 1.165) is 0 Å². The summed E-state index contributed by atoms with van der Waals surface area (Å²) in [6, 6.07) is 14.6. The highest BCUT2D eigenvalue weighted by molar-refractivity contribution is 6.37. The number of hydrogen-bond donors (Lipinski definition) is 1. The Labute approximate surface area is 171 Å². The monoisotopic (exact) mass is 394 g/mol. The Hall–Kier alpha value is -3.28. The molecular formula is C23H26N2O4. The molecule has 2 aromatic rings. The predicted molar refractivity (Wildman–Crippen MR) is 113 cm³/mol. The van der Waals surface area contributed by atoms with Gasteiger partial charge in [0.05, 0.1) is 25.0 Å². The standard InChI is InChI=1S/C23H26N2O4/c1-5-29-19-13-9-7-11-17(19)24-21-20(16-10-6-8-12-18(16)28-4)22(26)25(23(21)27)14-15(2)3/h6-13,15,24H,5,14H2,1-4H3. The summed E-state index contributed by atoms with van der Waals surface area (Å²) >= 11 is 0. The van der Waals surface area contributed by atoms with E-state index in [4.69, 9.17) is 9.47 Å². The van der Waals surface area contributed by atoms with Crippen LogP contribution in [0.3, 0.4) is 0 Å². The number of rotatable bonds is 8. The summed E-state index contributed by atoms with van der Waals surface area (Å²) in [6.45, 7) is 6.67. The number of anilines is 1. The largest absolute Gasteiger partial charge is 0.496 e. The van der Waals surface area contributed by atoms with Crippen molar-refractivity contribution in [2.75, 3.05) is 25.6 Å². The molecule has 0 saturated heterocycles. The summed E-state index contributed by atoms with van der Waals surface area (Å²) in [6.07, 6.45) is 0. The van der Waals surface area contributed by atoms with Gasteiger partial charge >= 0.3 is 0 Å². The molecule has 0 bridgehead atoms. The maximum absolute atomic E-state index is 13.3. The van der Waals surface area contributed by atoms with Crippen molar-refractivity contribution in [3.05, 3.63) is 59.8 Å². The molecule has 1 aliphatic heterocycles. The number of carbonyl (C=O) groups is 2. The Morgan fingerprint density at radius 1 is 0.966 bits per heavy atom. The first-order chi connectivity index (χ1) is 14.0. The van der Waals surface area contributed by atoms with Crippen LogP contribution in [-0.2, 0) is 9.59 Å². The third kappa shape index (κ3) is 4.11. The first-order valence-corrected chi connectivity index (χ1v) is 9.70. The van der Waals surface area contributed by atoms with Crippen LogP contribution in [0, 0.1) is 5.92 Å². The van der Waals surface area contributed by atoms with Crippen molar-refractivity contribution in [1.29, 1.82) is 0 Å². The van der Waals surface area contributed by atoms with Gasteiger partial charge in [-0.25, -0.2) is 0 Å². The lowest BCUT2D eigenvalue weighted by atomic mass is 10.0. The fourth-order valence-corrected chi connectivity index (χ4v) is 3.31. The van der Waals surface area contributed by atoms with E-state index in [1.165, 1.54) is 4.90 Å². The minimum Gasteiger partial charge on any atom is -0.496 e. The lowest BCUT2D eigenvalue weighted by Crippen LogP contribution is -2.35. The van der Waals surface area contributed by atoms with Crippen molar-refractivity contribution in [3.8, 4) is 11.5 Å². The molecule has 6 heteroatoms. The second-order valence-corrected chi connectivity index (χ2v) is 7.12. The van der Waals surface area contributed by atoms with Crippen LogP contribution in [0.25, 0.3) is 5.57 Å². The smallest absolute Gasteiger partial charge is 0.278 e. The molecule has 0 saturated carbocycles. The summed E-state index contributed by atoms with van der Waals surface area (Å²) in [5, 5.41) is 3.16. The molecule has 2 amide bonds. The van der Waals surface area contributed by atoms with E-state index in [1.807, 2.05) is 57.2 Å². The number of amides is 2. The number of carbonyl (C=O) groups excluding carboxylic acids is 2. The Morgan fingerprint density at radius 2 is 1.62 bits per heavy atom. The Bertz CT molecular complexity index is 949. The number of para-hydroxylation sites is 3. The summed E-state index contributed by atoms with van der Waals surface area (Å²) in [7, 11) is 1.55. The SMILES string of the molecule is CCOc1ccccc1NC1=C(c2ccccc2OC)C(=O)N(CC(C)C)C1=O. The van der Waals surface area contributed by atoms with Crippen LogP contribution < -0.4 is 14.8 Å². The van der Waals surface area contributed by atoms with Crippen LogP contribution >= 0.6 is 0 Å². The van der Waals surface area contributed by atoms with Crippen molar-refractivity contribution in [2.45, 2.75) is 20.8 Å². The summed E-state index contributed by atoms with van der Waals surface area (Å²) < 4.78 is 11.1. The number of ether oxygens (including phenoxy) is 2. The highest BCUT2D eigenvalue weighted by Crippen LogP contribution is 2.36. The van der Waals surface area contributed by atoms with Crippen LogP contribution in [0.2, 0.25) is 0 Å². The molecule has 29 heavy (non-hydrogen) atoms. The molecule has 2 aromatic carbocycles. The van der Waals surface area contributed by atoms with Crippen LogP contribution in [0.1, 0.15) is 26.3 Å². The molecule has 0 aromatic heterocycles. The molecule has 1 aliphatic rings. The molecular weight excluding hydrogens is 368 g/mol. The van der Waals surface area contributed by atoms with Crippen LogP contribution in [-0.4, -0.2) is 37.0 Å². The van der Waals surface area contributed by atoms with Gasteiger partial charge in [-0.1, -0.05) is 44.2 Å². The number of methoxy groups -OCH3 is 1. The van der Waals surface area contributed by atoms with Gasteiger partial charge in [0.25, 0.3) is 11.8 Å². The Morgan fingerprint density at radius 3 is 2.28 bits per heavy atom. The first-order valence-electron chi connectivity index (χ1n) is 9.70. The Balaban J connectivity index is 2.13. The van der Waals surface area contributed by atoms with Crippen molar-refractivity contribution < 1.29 is 19.1 Å². The highest BCUT2D eigenvalue weighted by Gasteiger charge is 2.40. The van der Waals surface area contributed by atoms with Crippen molar-refractivity contribution >= 4 is 23.1 Å². The van der Waals surface area contributed by atoms with Crippen LogP contribution in [0.5, 0.6) is 11.5 Å². The van der Waals surface area contributed by atoms with E-state index in [-0.39, 0.29) is 23.4 Å². The van der Waals surface area contributed by atoms with Gasteiger partial charge in [0.15, 0.2) is 0 Å². The van der Waals surface area contributed by atoms with E-state index in [9.17, 15) is 9.59 Å². The second kappa shape index (κ2) is 8.82. The van der Waals surface area contributed by atoms with Gasteiger partial charge < -0.3 is 14.8 Å².